The van der Waals surface area contributed by atoms with Crippen molar-refractivity contribution < 1.29 is 13.6 Å². The summed E-state index contributed by atoms with van der Waals surface area (Å²) in [5.41, 5.74) is 0.977. The Balaban J connectivity index is 1.81. The first-order chi connectivity index (χ1) is 13.1. The van der Waals surface area contributed by atoms with E-state index in [0.717, 1.165) is 18.2 Å². The zero-order valence-corrected chi connectivity index (χ0v) is 13.9. The van der Waals surface area contributed by atoms with Gasteiger partial charge >= 0.3 is 0 Å². The molecule has 6 nitrogen and oxygen atoms in total. The fourth-order valence-corrected chi connectivity index (χ4v) is 2.71. The number of anilines is 1. The van der Waals surface area contributed by atoms with Crippen molar-refractivity contribution in [3.05, 3.63) is 90.6 Å². The first-order valence-corrected chi connectivity index (χ1v) is 8.01. The molecule has 0 atom stereocenters. The summed E-state index contributed by atoms with van der Waals surface area (Å²) in [6.45, 7) is 0. The summed E-state index contributed by atoms with van der Waals surface area (Å²) in [5, 5.41) is 6.93. The lowest BCUT2D eigenvalue weighted by molar-refractivity contribution is 0.102. The lowest BCUT2D eigenvalue weighted by Gasteiger charge is -2.11. The molecule has 0 saturated heterocycles. The van der Waals surface area contributed by atoms with E-state index in [9.17, 15) is 13.6 Å². The SMILES string of the molecule is O=C(Nc1ccncc1)c1cnn(-c2cc(F)cc(F)c2)c1-n1cccc1. The number of hydrogen-bond donors (Lipinski definition) is 1. The van der Waals surface area contributed by atoms with Gasteiger partial charge in [0.1, 0.15) is 17.2 Å². The van der Waals surface area contributed by atoms with Gasteiger partial charge in [-0.25, -0.2) is 13.5 Å². The molecule has 3 aromatic heterocycles. The molecule has 0 aliphatic carbocycles. The van der Waals surface area contributed by atoms with Crippen molar-refractivity contribution >= 4 is 11.6 Å². The Bertz CT molecular complexity index is 1070. The Morgan fingerprint density at radius 1 is 1.00 bits per heavy atom. The molecular weight excluding hydrogens is 352 g/mol. The maximum absolute atomic E-state index is 13.7. The summed E-state index contributed by atoms with van der Waals surface area (Å²) < 4.78 is 30.3. The van der Waals surface area contributed by atoms with Crippen molar-refractivity contribution in [3.63, 3.8) is 0 Å². The molecule has 0 saturated carbocycles. The highest BCUT2D eigenvalue weighted by atomic mass is 19.1. The number of nitrogens with zero attached hydrogens (tertiary/aromatic N) is 4. The topological polar surface area (TPSA) is 64.7 Å². The maximum atomic E-state index is 13.7. The molecule has 1 N–H and O–H groups in total. The number of halogens is 2. The molecule has 0 bridgehead atoms. The van der Waals surface area contributed by atoms with Gasteiger partial charge in [-0.05, 0) is 36.4 Å². The van der Waals surface area contributed by atoms with Crippen LogP contribution in [0.1, 0.15) is 10.4 Å². The van der Waals surface area contributed by atoms with E-state index in [-0.39, 0.29) is 11.3 Å². The van der Waals surface area contributed by atoms with E-state index in [4.69, 9.17) is 0 Å². The van der Waals surface area contributed by atoms with E-state index in [1.165, 1.54) is 10.9 Å². The van der Waals surface area contributed by atoms with Crippen LogP contribution in [0.15, 0.2) is 73.4 Å². The minimum Gasteiger partial charge on any atom is -0.322 e. The van der Waals surface area contributed by atoms with Gasteiger partial charge in [0.25, 0.3) is 5.91 Å². The second-order valence-corrected chi connectivity index (χ2v) is 5.70. The smallest absolute Gasteiger partial charge is 0.261 e. The molecule has 3 heterocycles. The summed E-state index contributed by atoms with van der Waals surface area (Å²) in [6.07, 6.45) is 7.90. The minimum absolute atomic E-state index is 0.166. The quantitative estimate of drug-likeness (QED) is 0.601. The summed E-state index contributed by atoms with van der Waals surface area (Å²) >= 11 is 0. The van der Waals surface area contributed by atoms with Gasteiger partial charge in [-0.15, -0.1) is 0 Å². The van der Waals surface area contributed by atoms with E-state index in [2.05, 4.69) is 15.4 Å². The van der Waals surface area contributed by atoms with Gasteiger partial charge in [-0.3, -0.25) is 9.78 Å². The lowest BCUT2D eigenvalue weighted by Crippen LogP contribution is -2.15. The second kappa shape index (κ2) is 6.83. The molecule has 0 spiro atoms. The van der Waals surface area contributed by atoms with Gasteiger partial charge < -0.3 is 9.88 Å². The predicted molar refractivity (Wildman–Crippen MR) is 95.0 cm³/mol. The lowest BCUT2D eigenvalue weighted by atomic mass is 10.2. The number of pyridine rings is 1. The molecule has 4 aromatic rings. The van der Waals surface area contributed by atoms with Crippen molar-refractivity contribution in [2.45, 2.75) is 0 Å². The molecule has 27 heavy (non-hydrogen) atoms. The largest absolute Gasteiger partial charge is 0.322 e. The van der Waals surface area contributed by atoms with E-state index >= 15 is 0 Å². The number of amides is 1. The van der Waals surface area contributed by atoms with Crippen molar-refractivity contribution in [1.29, 1.82) is 0 Å². The summed E-state index contributed by atoms with van der Waals surface area (Å²) in [5.74, 6) is -1.52. The number of benzene rings is 1. The van der Waals surface area contributed by atoms with Gasteiger partial charge in [0.15, 0.2) is 5.82 Å². The zero-order chi connectivity index (χ0) is 18.8. The Morgan fingerprint density at radius 3 is 2.33 bits per heavy atom. The predicted octanol–water partition coefficient (Wildman–Crippen LogP) is 3.59. The second-order valence-electron chi connectivity index (χ2n) is 5.70. The summed E-state index contributed by atoms with van der Waals surface area (Å²) in [6, 6.07) is 9.92. The van der Waals surface area contributed by atoms with Crippen molar-refractivity contribution in [2.24, 2.45) is 0 Å². The van der Waals surface area contributed by atoms with Crippen LogP contribution in [-0.2, 0) is 0 Å². The Morgan fingerprint density at radius 2 is 1.67 bits per heavy atom. The summed E-state index contributed by atoms with van der Waals surface area (Å²) in [7, 11) is 0. The molecule has 0 unspecified atom stereocenters. The Kier molecular flexibility index (Phi) is 4.21. The normalized spacial score (nSPS) is 10.7. The standard InChI is InChI=1S/C19H13F2N5O/c20-13-9-14(21)11-16(10-13)26-19(25-7-1-2-8-25)17(12-23-26)18(27)24-15-3-5-22-6-4-15/h1-12H,(H,22,24,27). The molecular formula is C19H13F2N5O. The number of carbonyl (C=O) groups excluding carboxylic acids is 1. The van der Waals surface area contributed by atoms with Crippen LogP contribution in [0, 0.1) is 11.6 Å². The highest BCUT2D eigenvalue weighted by molar-refractivity contribution is 6.06. The van der Waals surface area contributed by atoms with Crippen LogP contribution in [0.2, 0.25) is 0 Å². The van der Waals surface area contributed by atoms with Crippen molar-refractivity contribution in [3.8, 4) is 11.5 Å². The fraction of sp³-hybridized carbons (Fsp3) is 0. The number of hydrogen-bond acceptors (Lipinski definition) is 3. The fourth-order valence-electron chi connectivity index (χ4n) is 2.71. The third-order valence-electron chi connectivity index (χ3n) is 3.87. The van der Waals surface area contributed by atoms with E-state index in [1.54, 1.807) is 53.6 Å². The van der Waals surface area contributed by atoms with Gasteiger partial charge in [0.05, 0.1) is 11.9 Å². The Labute approximate surface area is 152 Å². The van der Waals surface area contributed by atoms with E-state index in [0.29, 0.717) is 11.5 Å². The third-order valence-corrected chi connectivity index (χ3v) is 3.87. The van der Waals surface area contributed by atoms with Crippen LogP contribution >= 0.6 is 0 Å². The molecule has 1 amide bonds. The minimum atomic E-state index is -0.734. The van der Waals surface area contributed by atoms with E-state index in [1.807, 2.05) is 0 Å². The molecule has 134 valence electrons. The first-order valence-electron chi connectivity index (χ1n) is 8.01. The average Bonchev–Trinajstić information content (AvgIpc) is 3.31. The molecule has 1 aromatic carbocycles. The monoisotopic (exact) mass is 365 g/mol. The molecule has 0 fully saturated rings. The van der Waals surface area contributed by atoms with Crippen LogP contribution in [0.3, 0.4) is 0 Å². The molecule has 4 rings (SSSR count). The molecule has 8 heteroatoms. The average molecular weight is 365 g/mol. The van der Waals surface area contributed by atoms with Crippen LogP contribution in [0.4, 0.5) is 14.5 Å². The Hall–Kier alpha value is -3.81. The maximum Gasteiger partial charge on any atom is 0.261 e. The highest BCUT2D eigenvalue weighted by Crippen LogP contribution is 2.22. The van der Waals surface area contributed by atoms with Crippen LogP contribution < -0.4 is 5.32 Å². The number of rotatable bonds is 4. The molecule has 0 radical (unpaired) electrons. The van der Waals surface area contributed by atoms with Crippen LogP contribution in [-0.4, -0.2) is 25.2 Å². The first kappa shape index (κ1) is 16.6. The highest BCUT2D eigenvalue weighted by Gasteiger charge is 2.20. The van der Waals surface area contributed by atoms with E-state index < -0.39 is 17.5 Å². The number of nitrogens with one attached hydrogen (secondary N) is 1. The van der Waals surface area contributed by atoms with Crippen LogP contribution in [0.5, 0.6) is 0 Å². The van der Waals surface area contributed by atoms with Crippen LogP contribution in [0.25, 0.3) is 11.5 Å². The van der Waals surface area contributed by atoms with Gasteiger partial charge in [-0.2, -0.15) is 5.10 Å². The van der Waals surface area contributed by atoms with Gasteiger partial charge in [0, 0.05) is 36.5 Å². The zero-order valence-electron chi connectivity index (χ0n) is 13.9. The number of aromatic nitrogens is 4. The van der Waals surface area contributed by atoms with Crippen molar-refractivity contribution in [1.82, 2.24) is 19.3 Å². The molecule has 0 aliphatic rings. The van der Waals surface area contributed by atoms with Gasteiger partial charge in [0.2, 0.25) is 0 Å². The number of carbonyl (C=O) groups is 1. The van der Waals surface area contributed by atoms with Crippen molar-refractivity contribution in [2.75, 3.05) is 5.32 Å². The summed E-state index contributed by atoms with van der Waals surface area (Å²) in [4.78, 5) is 16.7. The third kappa shape index (κ3) is 3.32. The molecule has 0 aliphatic heterocycles. The van der Waals surface area contributed by atoms with Gasteiger partial charge in [-0.1, -0.05) is 0 Å².